The minimum Gasteiger partial charge on any atom is -0.365 e. The van der Waals surface area contributed by atoms with Crippen molar-refractivity contribution in [3.8, 4) is 0 Å². The van der Waals surface area contributed by atoms with E-state index in [9.17, 15) is 0 Å². The normalized spacial score (nSPS) is 10.0. The molecule has 0 saturated heterocycles. The van der Waals surface area contributed by atoms with Crippen molar-refractivity contribution in [2.75, 3.05) is 0 Å². The largest absolute Gasteiger partial charge is 0.365 e. The van der Waals surface area contributed by atoms with Gasteiger partial charge in [-0.3, -0.25) is 4.98 Å². The van der Waals surface area contributed by atoms with Gasteiger partial charge < -0.3 is 4.98 Å². The molecule has 0 aliphatic heterocycles. The predicted octanol–water partition coefficient (Wildman–Crippen LogP) is 2.00. The van der Waals surface area contributed by atoms with Crippen molar-refractivity contribution in [3.63, 3.8) is 0 Å². The van der Waals surface area contributed by atoms with Crippen molar-refractivity contribution in [2.24, 2.45) is 0 Å². The second-order valence-electron chi connectivity index (χ2n) is 2.73. The van der Waals surface area contributed by atoms with Crippen LogP contribution in [0.5, 0.6) is 0 Å². The average Bonchev–Trinajstić information content (AvgIpc) is 2.59. The zero-order chi connectivity index (χ0) is 8.23. The standard InChI is InChI=1S/C10H10N2/c1-2-10(12-5-1)8-9-3-6-11-7-4-9/h1-7,12H,8H2. The Labute approximate surface area is 71.3 Å². The lowest BCUT2D eigenvalue weighted by Crippen LogP contribution is -1.87. The summed E-state index contributed by atoms with van der Waals surface area (Å²) in [5, 5.41) is 0. The summed E-state index contributed by atoms with van der Waals surface area (Å²) in [4.78, 5) is 7.13. The van der Waals surface area contributed by atoms with Crippen LogP contribution in [-0.2, 0) is 6.42 Å². The molecule has 2 rings (SSSR count). The van der Waals surface area contributed by atoms with Crippen molar-refractivity contribution in [2.45, 2.75) is 6.42 Å². The van der Waals surface area contributed by atoms with E-state index in [0.29, 0.717) is 0 Å². The van der Waals surface area contributed by atoms with E-state index in [1.807, 2.05) is 36.8 Å². The smallest absolute Gasteiger partial charge is 0.0270 e. The quantitative estimate of drug-likeness (QED) is 0.711. The molecule has 0 amide bonds. The molecule has 0 spiro atoms. The summed E-state index contributed by atoms with van der Waals surface area (Å²) in [5.41, 5.74) is 2.52. The van der Waals surface area contributed by atoms with Crippen LogP contribution in [0.2, 0.25) is 0 Å². The molecule has 0 atom stereocenters. The highest BCUT2D eigenvalue weighted by Gasteiger charge is 1.94. The van der Waals surface area contributed by atoms with Crippen LogP contribution in [-0.4, -0.2) is 9.97 Å². The first-order chi connectivity index (χ1) is 5.95. The van der Waals surface area contributed by atoms with E-state index in [0.717, 1.165) is 6.42 Å². The SMILES string of the molecule is c1c[nH]c(Cc2ccncc2)c1. The van der Waals surface area contributed by atoms with Gasteiger partial charge in [0.15, 0.2) is 0 Å². The lowest BCUT2D eigenvalue weighted by molar-refractivity contribution is 1.09. The average molecular weight is 158 g/mol. The molecule has 0 aliphatic rings. The summed E-state index contributed by atoms with van der Waals surface area (Å²) in [5.74, 6) is 0. The van der Waals surface area contributed by atoms with Gasteiger partial charge in [-0.05, 0) is 29.8 Å². The van der Waals surface area contributed by atoms with Gasteiger partial charge in [-0.15, -0.1) is 0 Å². The molecule has 2 aromatic rings. The van der Waals surface area contributed by atoms with Crippen LogP contribution in [0, 0.1) is 0 Å². The van der Waals surface area contributed by atoms with Gasteiger partial charge in [0.1, 0.15) is 0 Å². The summed E-state index contributed by atoms with van der Waals surface area (Å²) in [6.45, 7) is 0. The molecule has 2 heteroatoms. The Hall–Kier alpha value is -1.57. The van der Waals surface area contributed by atoms with Crippen LogP contribution in [0.3, 0.4) is 0 Å². The molecule has 0 saturated carbocycles. The molecule has 0 fully saturated rings. The Balaban J connectivity index is 2.15. The van der Waals surface area contributed by atoms with Crippen LogP contribution >= 0.6 is 0 Å². The highest BCUT2D eigenvalue weighted by Crippen LogP contribution is 2.04. The first-order valence-corrected chi connectivity index (χ1v) is 3.96. The molecule has 2 aromatic heterocycles. The zero-order valence-corrected chi connectivity index (χ0v) is 6.70. The van der Waals surface area contributed by atoms with Crippen LogP contribution in [0.25, 0.3) is 0 Å². The van der Waals surface area contributed by atoms with E-state index < -0.39 is 0 Å². The Morgan fingerprint density at radius 3 is 2.67 bits per heavy atom. The molecule has 0 radical (unpaired) electrons. The minimum atomic E-state index is 0.954. The number of pyridine rings is 1. The topological polar surface area (TPSA) is 28.7 Å². The number of aromatic nitrogens is 2. The maximum absolute atomic E-state index is 3.96. The monoisotopic (exact) mass is 158 g/mol. The summed E-state index contributed by atoms with van der Waals surface area (Å²) in [6.07, 6.45) is 6.53. The molecule has 12 heavy (non-hydrogen) atoms. The van der Waals surface area contributed by atoms with Gasteiger partial charge in [0.05, 0.1) is 0 Å². The summed E-state index contributed by atoms with van der Waals surface area (Å²) >= 11 is 0. The molecule has 1 N–H and O–H groups in total. The number of aromatic amines is 1. The van der Waals surface area contributed by atoms with Crippen LogP contribution < -0.4 is 0 Å². The fourth-order valence-corrected chi connectivity index (χ4v) is 1.20. The Morgan fingerprint density at radius 1 is 1.17 bits per heavy atom. The van der Waals surface area contributed by atoms with Gasteiger partial charge in [-0.25, -0.2) is 0 Å². The number of nitrogens with one attached hydrogen (secondary N) is 1. The molecule has 0 unspecified atom stereocenters. The third-order valence-electron chi connectivity index (χ3n) is 1.81. The van der Waals surface area contributed by atoms with E-state index >= 15 is 0 Å². The second-order valence-corrected chi connectivity index (χ2v) is 2.73. The third kappa shape index (κ3) is 1.53. The van der Waals surface area contributed by atoms with Gasteiger partial charge in [-0.2, -0.15) is 0 Å². The van der Waals surface area contributed by atoms with Crippen molar-refractivity contribution in [1.82, 2.24) is 9.97 Å². The Morgan fingerprint density at radius 2 is 2.00 bits per heavy atom. The summed E-state index contributed by atoms with van der Waals surface area (Å²) in [6, 6.07) is 8.15. The molecule has 2 heterocycles. The van der Waals surface area contributed by atoms with E-state index in [-0.39, 0.29) is 0 Å². The van der Waals surface area contributed by atoms with Crippen molar-refractivity contribution >= 4 is 0 Å². The van der Waals surface area contributed by atoms with E-state index in [2.05, 4.69) is 16.0 Å². The predicted molar refractivity (Wildman–Crippen MR) is 47.8 cm³/mol. The van der Waals surface area contributed by atoms with Crippen LogP contribution in [0.1, 0.15) is 11.3 Å². The molecule has 0 aliphatic carbocycles. The molecular weight excluding hydrogens is 148 g/mol. The molecule has 0 bridgehead atoms. The summed E-state index contributed by atoms with van der Waals surface area (Å²) in [7, 11) is 0. The Kier molecular flexibility index (Phi) is 1.90. The zero-order valence-electron chi connectivity index (χ0n) is 6.70. The van der Waals surface area contributed by atoms with Crippen molar-refractivity contribution in [1.29, 1.82) is 0 Å². The van der Waals surface area contributed by atoms with Gasteiger partial charge in [0, 0.05) is 30.7 Å². The van der Waals surface area contributed by atoms with E-state index in [4.69, 9.17) is 0 Å². The number of hydrogen-bond donors (Lipinski definition) is 1. The summed E-state index contributed by atoms with van der Waals surface area (Å²) < 4.78 is 0. The highest BCUT2D eigenvalue weighted by molar-refractivity contribution is 5.18. The second kappa shape index (κ2) is 3.22. The maximum atomic E-state index is 3.96. The fraction of sp³-hybridized carbons (Fsp3) is 0.100. The number of hydrogen-bond acceptors (Lipinski definition) is 1. The van der Waals surface area contributed by atoms with Gasteiger partial charge in [0.25, 0.3) is 0 Å². The lowest BCUT2D eigenvalue weighted by Gasteiger charge is -1.96. The molecular formula is C10H10N2. The first kappa shape index (κ1) is 7.10. The van der Waals surface area contributed by atoms with Gasteiger partial charge in [0.2, 0.25) is 0 Å². The minimum absolute atomic E-state index is 0.954. The molecule has 60 valence electrons. The number of H-pyrrole nitrogens is 1. The van der Waals surface area contributed by atoms with Gasteiger partial charge in [-0.1, -0.05) is 0 Å². The van der Waals surface area contributed by atoms with Crippen molar-refractivity contribution < 1.29 is 0 Å². The Bertz CT molecular complexity index is 324. The first-order valence-electron chi connectivity index (χ1n) is 3.96. The number of nitrogens with zero attached hydrogens (tertiary/aromatic N) is 1. The molecule has 0 aromatic carbocycles. The lowest BCUT2D eigenvalue weighted by atomic mass is 10.1. The van der Waals surface area contributed by atoms with Crippen LogP contribution in [0.4, 0.5) is 0 Å². The highest BCUT2D eigenvalue weighted by atomic mass is 14.7. The van der Waals surface area contributed by atoms with Gasteiger partial charge >= 0.3 is 0 Å². The maximum Gasteiger partial charge on any atom is 0.0270 e. The molecule has 2 nitrogen and oxygen atoms in total. The van der Waals surface area contributed by atoms with E-state index in [1.165, 1.54) is 11.3 Å². The van der Waals surface area contributed by atoms with Crippen LogP contribution in [0.15, 0.2) is 42.9 Å². The number of rotatable bonds is 2. The fourth-order valence-electron chi connectivity index (χ4n) is 1.20. The third-order valence-corrected chi connectivity index (χ3v) is 1.81. The van der Waals surface area contributed by atoms with Crippen molar-refractivity contribution in [3.05, 3.63) is 54.1 Å². The van der Waals surface area contributed by atoms with E-state index in [1.54, 1.807) is 0 Å².